The molecule has 3 heterocycles. The van der Waals surface area contributed by atoms with Gasteiger partial charge in [0.1, 0.15) is 5.03 Å². The highest BCUT2D eigenvalue weighted by Gasteiger charge is 2.09. The molecule has 6 nitrogen and oxygen atoms in total. The average molecular weight is 299 g/mol. The Labute approximate surface area is 125 Å². The van der Waals surface area contributed by atoms with Crippen LogP contribution in [0.4, 0.5) is 0 Å². The number of nitrogens with zero attached hydrogens (tertiary/aromatic N) is 4. The second-order valence-corrected chi connectivity index (χ2v) is 5.24. The van der Waals surface area contributed by atoms with Crippen LogP contribution >= 0.6 is 11.8 Å². The molecule has 1 amide bonds. The molecule has 21 heavy (non-hydrogen) atoms. The Morgan fingerprint density at radius 2 is 2.19 bits per heavy atom. The van der Waals surface area contributed by atoms with E-state index >= 15 is 0 Å². The second-order valence-electron chi connectivity index (χ2n) is 4.25. The summed E-state index contributed by atoms with van der Waals surface area (Å²) in [5.41, 5.74) is 1.33. The third-order valence-electron chi connectivity index (χ3n) is 2.81. The number of hydrogen-bond acceptors (Lipinski definition) is 5. The van der Waals surface area contributed by atoms with Crippen LogP contribution in [0.3, 0.4) is 0 Å². The monoisotopic (exact) mass is 299 g/mol. The molecule has 0 atom stereocenters. The van der Waals surface area contributed by atoms with Crippen LogP contribution in [0, 0.1) is 0 Å². The van der Waals surface area contributed by atoms with E-state index in [1.54, 1.807) is 18.3 Å². The first-order chi connectivity index (χ1) is 10.3. The predicted molar refractivity (Wildman–Crippen MR) is 79.4 cm³/mol. The highest BCUT2D eigenvalue weighted by molar-refractivity contribution is 7.99. The van der Waals surface area contributed by atoms with Crippen LogP contribution < -0.4 is 5.32 Å². The van der Waals surface area contributed by atoms with Gasteiger partial charge in [-0.3, -0.25) is 9.20 Å². The van der Waals surface area contributed by atoms with E-state index in [1.807, 2.05) is 35.7 Å². The topological polar surface area (TPSA) is 72.2 Å². The van der Waals surface area contributed by atoms with Gasteiger partial charge in [-0.1, -0.05) is 6.07 Å². The van der Waals surface area contributed by atoms with Gasteiger partial charge in [0.15, 0.2) is 10.9 Å². The molecule has 0 aliphatic rings. The van der Waals surface area contributed by atoms with Crippen molar-refractivity contribution in [3.63, 3.8) is 0 Å². The van der Waals surface area contributed by atoms with Crippen molar-refractivity contribution in [2.75, 3.05) is 6.54 Å². The van der Waals surface area contributed by atoms with Crippen LogP contribution in [0.5, 0.6) is 0 Å². The van der Waals surface area contributed by atoms with Crippen LogP contribution in [-0.2, 0) is 0 Å². The Bertz CT molecular complexity index is 768. The van der Waals surface area contributed by atoms with Crippen LogP contribution in [0.1, 0.15) is 17.4 Å². The maximum absolute atomic E-state index is 11.6. The summed E-state index contributed by atoms with van der Waals surface area (Å²) in [7, 11) is 0. The summed E-state index contributed by atoms with van der Waals surface area (Å²) in [5.74, 6) is -0.215. The first-order valence-electron chi connectivity index (χ1n) is 6.50. The van der Waals surface area contributed by atoms with Crippen molar-refractivity contribution in [3.8, 4) is 0 Å². The van der Waals surface area contributed by atoms with Gasteiger partial charge in [-0.15, -0.1) is 10.2 Å². The average Bonchev–Trinajstić information content (AvgIpc) is 2.92. The molecule has 0 spiro atoms. The highest BCUT2D eigenvalue weighted by Crippen LogP contribution is 2.24. The standard InChI is InChI=1S/C14H13N5OS/c1-2-15-13(20)11-6-7-12(18-17-11)21-14-16-9-10-5-3-4-8-19(10)14/h3-9H,2H2,1H3,(H,15,20). The van der Waals surface area contributed by atoms with Gasteiger partial charge < -0.3 is 5.32 Å². The number of fused-ring (bicyclic) bond motifs is 1. The number of carbonyl (C=O) groups is 1. The van der Waals surface area contributed by atoms with Crippen LogP contribution in [-0.4, -0.2) is 32.0 Å². The Morgan fingerprint density at radius 1 is 1.29 bits per heavy atom. The van der Waals surface area contributed by atoms with Crippen molar-refractivity contribution in [1.29, 1.82) is 0 Å². The van der Waals surface area contributed by atoms with E-state index in [2.05, 4.69) is 20.5 Å². The molecule has 3 aromatic rings. The zero-order valence-corrected chi connectivity index (χ0v) is 12.2. The number of rotatable bonds is 4. The van der Waals surface area contributed by atoms with E-state index < -0.39 is 0 Å². The number of aromatic nitrogens is 4. The van der Waals surface area contributed by atoms with Crippen molar-refractivity contribution < 1.29 is 4.79 Å². The fraction of sp³-hybridized carbons (Fsp3) is 0.143. The van der Waals surface area contributed by atoms with Crippen LogP contribution in [0.2, 0.25) is 0 Å². The highest BCUT2D eigenvalue weighted by atomic mass is 32.2. The first-order valence-corrected chi connectivity index (χ1v) is 7.31. The number of imidazole rings is 1. The maximum Gasteiger partial charge on any atom is 0.271 e. The van der Waals surface area contributed by atoms with Crippen molar-refractivity contribution in [2.24, 2.45) is 0 Å². The minimum absolute atomic E-state index is 0.215. The van der Waals surface area contributed by atoms with Gasteiger partial charge in [0.05, 0.1) is 11.7 Å². The van der Waals surface area contributed by atoms with E-state index in [4.69, 9.17) is 0 Å². The summed E-state index contributed by atoms with van der Waals surface area (Å²) in [6, 6.07) is 9.33. The van der Waals surface area contributed by atoms with Crippen molar-refractivity contribution in [2.45, 2.75) is 17.1 Å². The van der Waals surface area contributed by atoms with E-state index in [-0.39, 0.29) is 5.91 Å². The van der Waals surface area contributed by atoms with Gasteiger partial charge in [-0.05, 0) is 43.0 Å². The third kappa shape index (κ3) is 2.87. The molecular weight excluding hydrogens is 286 g/mol. The summed E-state index contributed by atoms with van der Waals surface area (Å²) >= 11 is 1.40. The minimum atomic E-state index is -0.215. The van der Waals surface area contributed by atoms with E-state index in [0.29, 0.717) is 17.3 Å². The molecule has 0 saturated heterocycles. The molecule has 1 N–H and O–H groups in total. The molecular formula is C14H13N5OS. The van der Waals surface area contributed by atoms with Crippen molar-refractivity contribution in [1.82, 2.24) is 24.9 Å². The molecule has 3 aromatic heterocycles. The molecule has 106 valence electrons. The SMILES string of the molecule is CCNC(=O)c1ccc(Sc2ncc3ccccn23)nn1. The number of pyridine rings is 1. The Balaban J connectivity index is 1.80. The van der Waals surface area contributed by atoms with Gasteiger partial charge in [0.2, 0.25) is 0 Å². The smallest absolute Gasteiger partial charge is 0.271 e. The number of amides is 1. The van der Waals surface area contributed by atoms with E-state index in [9.17, 15) is 4.79 Å². The zero-order valence-electron chi connectivity index (χ0n) is 11.4. The molecule has 0 fully saturated rings. The number of hydrogen-bond donors (Lipinski definition) is 1. The van der Waals surface area contributed by atoms with E-state index in [1.165, 1.54) is 11.8 Å². The van der Waals surface area contributed by atoms with Crippen LogP contribution in [0.15, 0.2) is 52.9 Å². The Hall–Kier alpha value is -2.41. The second kappa shape index (κ2) is 5.92. The van der Waals surface area contributed by atoms with E-state index in [0.717, 1.165) is 10.7 Å². The quantitative estimate of drug-likeness (QED) is 0.798. The lowest BCUT2D eigenvalue weighted by Crippen LogP contribution is -2.23. The summed E-state index contributed by atoms with van der Waals surface area (Å²) in [4.78, 5) is 16.0. The fourth-order valence-electron chi connectivity index (χ4n) is 1.84. The number of nitrogens with one attached hydrogen (secondary N) is 1. The molecule has 0 aromatic carbocycles. The third-order valence-corrected chi connectivity index (χ3v) is 3.72. The molecule has 0 aliphatic heterocycles. The minimum Gasteiger partial charge on any atom is -0.351 e. The summed E-state index contributed by atoms with van der Waals surface area (Å²) in [5, 5.41) is 12.2. The summed E-state index contributed by atoms with van der Waals surface area (Å²) in [6.07, 6.45) is 3.75. The molecule has 0 aliphatic carbocycles. The Morgan fingerprint density at radius 3 is 2.95 bits per heavy atom. The van der Waals surface area contributed by atoms with Crippen molar-refractivity contribution >= 4 is 23.2 Å². The van der Waals surface area contributed by atoms with Gasteiger partial charge in [0, 0.05) is 12.7 Å². The summed E-state index contributed by atoms with van der Waals surface area (Å²) < 4.78 is 1.98. The lowest BCUT2D eigenvalue weighted by Gasteiger charge is -2.02. The molecule has 0 saturated carbocycles. The van der Waals surface area contributed by atoms with Crippen molar-refractivity contribution in [3.05, 3.63) is 48.4 Å². The lowest BCUT2D eigenvalue weighted by atomic mass is 10.4. The normalized spacial score (nSPS) is 10.7. The lowest BCUT2D eigenvalue weighted by molar-refractivity contribution is 0.0949. The van der Waals surface area contributed by atoms with Gasteiger partial charge in [-0.25, -0.2) is 4.98 Å². The molecule has 3 rings (SSSR count). The first kappa shape index (κ1) is 13.6. The molecule has 0 radical (unpaired) electrons. The van der Waals surface area contributed by atoms with Crippen LogP contribution in [0.25, 0.3) is 5.52 Å². The van der Waals surface area contributed by atoms with Gasteiger partial charge in [0.25, 0.3) is 5.91 Å². The molecule has 0 bridgehead atoms. The fourth-order valence-corrected chi connectivity index (χ4v) is 2.61. The Kier molecular flexibility index (Phi) is 3.83. The summed E-state index contributed by atoms with van der Waals surface area (Å²) in [6.45, 7) is 2.43. The largest absolute Gasteiger partial charge is 0.351 e. The number of carbonyl (C=O) groups excluding carboxylic acids is 1. The molecule has 0 unspecified atom stereocenters. The zero-order chi connectivity index (χ0) is 14.7. The van der Waals surface area contributed by atoms with Gasteiger partial charge >= 0.3 is 0 Å². The van der Waals surface area contributed by atoms with Gasteiger partial charge in [-0.2, -0.15) is 0 Å². The molecule has 7 heteroatoms. The predicted octanol–water partition coefficient (Wildman–Crippen LogP) is 2.03. The maximum atomic E-state index is 11.6.